The lowest BCUT2D eigenvalue weighted by Gasteiger charge is -2.36. The third-order valence-electron chi connectivity index (χ3n) is 2.98. The first-order valence-electron chi connectivity index (χ1n) is 4.45. The van der Waals surface area contributed by atoms with Crippen LogP contribution in [0.4, 0.5) is 0 Å². The van der Waals surface area contributed by atoms with Crippen LogP contribution in [-0.4, -0.2) is 22.9 Å². The second-order valence-electron chi connectivity index (χ2n) is 4.37. The van der Waals surface area contributed by atoms with Crippen LogP contribution in [0.1, 0.15) is 27.2 Å². The molecule has 0 spiro atoms. The summed E-state index contributed by atoms with van der Waals surface area (Å²) in [5, 5.41) is 18.5. The van der Waals surface area contributed by atoms with E-state index < -0.39 is 6.10 Å². The zero-order valence-electron chi connectivity index (χ0n) is 8.04. The van der Waals surface area contributed by atoms with Crippen molar-refractivity contribution in [2.75, 3.05) is 6.61 Å². The van der Waals surface area contributed by atoms with Crippen molar-refractivity contribution in [3.8, 4) is 0 Å². The van der Waals surface area contributed by atoms with E-state index in [1.165, 1.54) is 5.57 Å². The van der Waals surface area contributed by atoms with Gasteiger partial charge in [0, 0.05) is 12.5 Å². The molecule has 0 saturated heterocycles. The minimum absolute atomic E-state index is 0.0173. The van der Waals surface area contributed by atoms with Crippen molar-refractivity contribution in [3.05, 3.63) is 11.6 Å². The van der Waals surface area contributed by atoms with Crippen LogP contribution in [-0.2, 0) is 0 Å². The van der Waals surface area contributed by atoms with E-state index in [2.05, 4.69) is 13.8 Å². The van der Waals surface area contributed by atoms with E-state index in [4.69, 9.17) is 5.11 Å². The Morgan fingerprint density at radius 2 is 2.17 bits per heavy atom. The Morgan fingerprint density at radius 1 is 1.58 bits per heavy atom. The first-order chi connectivity index (χ1) is 5.47. The van der Waals surface area contributed by atoms with Crippen LogP contribution in [0, 0.1) is 11.3 Å². The molecular formula is C10H18O2. The van der Waals surface area contributed by atoms with Gasteiger partial charge in [0.15, 0.2) is 0 Å². The summed E-state index contributed by atoms with van der Waals surface area (Å²) in [6.07, 6.45) is 2.28. The Morgan fingerprint density at radius 3 is 2.67 bits per heavy atom. The van der Waals surface area contributed by atoms with E-state index >= 15 is 0 Å². The van der Waals surface area contributed by atoms with Crippen LogP contribution in [0.25, 0.3) is 0 Å². The zero-order chi connectivity index (χ0) is 9.35. The maximum atomic E-state index is 9.54. The molecule has 70 valence electrons. The summed E-state index contributed by atoms with van der Waals surface area (Å²) < 4.78 is 0. The number of rotatable bonds is 1. The Labute approximate surface area is 73.9 Å². The van der Waals surface area contributed by atoms with Crippen LogP contribution in [0.5, 0.6) is 0 Å². The molecule has 2 heteroatoms. The van der Waals surface area contributed by atoms with Crippen molar-refractivity contribution in [2.45, 2.75) is 33.3 Å². The Hall–Kier alpha value is -0.340. The predicted octanol–water partition coefficient (Wildman–Crippen LogP) is 1.33. The zero-order valence-corrected chi connectivity index (χ0v) is 8.04. The Balaban J connectivity index is 2.83. The summed E-state index contributed by atoms with van der Waals surface area (Å²) >= 11 is 0. The molecule has 0 fully saturated rings. The molecule has 0 heterocycles. The van der Waals surface area contributed by atoms with Crippen LogP contribution in [0.2, 0.25) is 0 Å². The second-order valence-corrected chi connectivity index (χ2v) is 4.37. The van der Waals surface area contributed by atoms with Crippen LogP contribution in [0.15, 0.2) is 11.6 Å². The van der Waals surface area contributed by atoms with Gasteiger partial charge in [-0.05, 0) is 18.8 Å². The molecule has 1 aliphatic rings. The number of hydrogen-bond acceptors (Lipinski definition) is 2. The average Bonchev–Trinajstić information content (AvgIpc) is 1.97. The maximum Gasteiger partial charge on any atom is 0.0774 e. The molecule has 2 atom stereocenters. The summed E-state index contributed by atoms with van der Waals surface area (Å²) in [5.41, 5.74) is 1.35. The van der Waals surface area contributed by atoms with E-state index in [1.807, 2.05) is 13.0 Å². The van der Waals surface area contributed by atoms with Crippen molar-refractivity contribution in [1.29, 1.82) is 0 Å². The number of aliphatic hydroxyl groups is 2. The van der Waals surface area contributed by atoms with Crippen molar-refractivity contribution in [2.24, 2.45) is 11.3 Å². The van der Waals surface area contributed by atoms with E-state index in [9.17, 15) is 5.11 Å². The molecule has 2 N–H and O–H groups in total. The van der Waals surface area contributed by atoms with E-state index in [0.717, 1.165) is 6.42 Å². The van der Waals surface area contributed by atoms with Crippen LogP contribution in [0.3, 0.4) is 0 Å². The lowest BCUT2D eigenvalue weighted by molar-refractivity contribution is 0.0627. The summed E-state index contributed by atoms with van der Waals surface area (Å²) in [4.78, 5) is 0. The number of allylic oxidation sites excluding steroid dienone is 1. The summed E-state index contributed by atoms with van der Waals surface area (Å²) in [6, 6.07) is 0. The van der Waals surface area contributed by atoms with Gasteiger partial charge < -0.3 is 10.2 Å². The molecule has 1 rings (SSSR count). The summed E-state index contributed by atoms with van der Waals surface area (Å²) in [5.74, 6) is 0.0173. The van der Waals surface area contributed by atoms with Crippen LogP contribution >= 0.6 is 0 Å². The molecule has 0 saturated carbocycles. The summed E-state index contributed by atoms with van der Waals surface area (Å²) in [7, 11) is 0. The molecule has 0 aromatic rings. The Kier molecular flexibility index (Phi) is 2.59. The third-order valence-corrected chi connectivity index (χ3v) is 2.98. The largest absolute Gasteiger partial charge is 0.396 e. The highest BCUT2D eigenvalue weighted by Crippen LogP contribution is 2.38. The smallest absolute Gasteiger partial charge is 0.0774 e. The molecule has 0 aromatic carbocycles. The normalized spacial score (nSPS) is 34.6. The Bertz CT molecular complexity index is 194. The minimum Gasteiger partial charge on any atom is -0.396 e. The standard InChI is InChI=1S/C10H18O2/c1-7-4-9(12)8(6-11)5-10(7,2)3/h4,8-9,11-12H,5-6H2,1-3H3/t8-,9-/m0/s1. The fourth-order valence-corrected chi connectivity index (χ4v) is 1.73. The molecule has 0 aromatic heterocycles. The molecule has 0 unspecified atom stereocenters. The lowest BCUT2D eigenvalue weighted by Crippen LogP contribution is -2.33. The van der Waals surface area contributed by atoms with E-state index in [-0.39, 0.29) is 17.9 Å². The topological polar surface area (TPSA) is 40.5 Å². The van der Waals surface area contributed by atoms with Gasteiger partial charge >= 0.3 is 0 Å². The van der Waals surface area contributed by atoms with Crippen molar-refractivity contribution < 1.29 is 10.2 Å². The van der Waals surface area contributed by atoms with Gasteiger partial charge in [-0.15, -0.1) is 0 Å². The molecule has 1 aliphatic carbocycles. The predicted molar refractivity (Wildman–Crippen MR) is 48.7 cm³/mol. The molecule has 0 amide bonds. The fraction of sp³-hybridized carbons (Fsp3) is 0.800. The molecule has 2 nitrogen and oxygen atoms in total. The van der Waals surface area contributed by atoms with Crippen molar-refractivity contribution in [3.63, 3.8) is 0 Å². The van der Waals surface area contributed by atoms with Gasteiger partial charge in [-0.1, -0.05) is 25.5 Å². The highest BCUT2D eigenvalue weighted by Gasteiger charge is 2.32. The average molecular weight is 170 g/mol. The van der Waals surface area contributed by atoms with Crippen molar-refractivity contribution >= 4 is 0 Å². The quantitative estimate of drug-likeness (QED) is 0.583. The van der Waals surface area contributed by atoms with E-state index in [0.29, 0.717) is 0 Å². The number of hydrogen-bond donors (Lipinski definition) is 2. The highest BCUT2D eigenvalue weighted by atomic mass is 16.3. The van der Waals surface area contributed by atoms with Gasteiger partial charge in [-0.25, -0.2) is 0 Å². The molecule has 0 bridgehead atoms. The lowest BCUT2D eigenvalue weighted by atomic mass is 9.71. The molecule has 12 heavy (non-hydrogen) atoms. The molecular weight excluding hydrogens is 152 g/mol. The maximum absolute atomic E-state index is 9.54. The van der Waals surface area contributed by atoms with Gasteiger partial charge in [0.2, 0.25) is 0 Å². The van der Waals surface area contributed by atoms with Gasteiger partial charge in [0.25, 0.3) is 0 Å². The van der Waals surface area contributed by atoms with E-state index in [1.54, 1.807) is 0 Å². The molecule has 0 radical (unpaired) electrons. The van der Waals surface area contributed by atoms with Gasteiger partial charge in [-0.3, -0.25) is 0 Å². The van der Waals surface area contributed by atoms with Gasteiger partial charge in [0.05, 0.1) is 6.10 Å². The first-order valence-corrected chi connectivity index (χ1v) is 4.45. The second kappa shape index (κ2) is 3.19. The van der Waals surface area contributed by atoms with Crippen LogP contribution < -0.4 is 0 Å². The van der Waals surface area contributed by atoms with Gasteiger partial charge in [-0.2, -0.15) is 0 Å². The monoisotopic (exact) mass is 170 g/mol. The third kappa shape index (κ3) is 1.70. The highest BCUT2D eigenvalue weighted by molar-refractivity contribution is 5.16. The van der Waals surface area contributed by atoms with Gasteiger partial charge in [0.1, 0.15) is 0 Å². The fourth-order valence-electron chi connectivity index (χ4n) is 1.73. The molecule has 0 aliphatic heterocycles. The minimum atomic E-state index is -0.456. The SMILES string of the molecule is CC1=C[C@H](O)[C@H](CO)CC1(C)C. The van der Waals surface area contributed by atoms with Crippen molar-refractivity contribution in [1.82, 2.24) is 0 Å². The first kappa shape index (κ1) is 9.75. The number of aliphatic hydroxyl groups excluding tert-OH is 2. The summed E-state index contributed by atoms with van der Waals surface area (Å²) in [6.45, 7) is 6.41.